The SMILES string of the molecule is CSC1CCCCC1NC(=O)c1cc(F)c(F)cc1N. The summed E-state index contributed by atoms with van der Waals surface area (Å²) in [6.07, 6.45) is 6.20. The predicted molar refractivity (Wildman–Crippen MR) is 77.8 cm³/mol. The molecular weight excluding hydrogens is 282 g/mol. The van der Waals surface area contributed by atoms with Crippen LogP contribution in [0.2, 0.25) is 0 Å². The average Bonchev–Trinajstić information content (AvgIpc) is 2.43. The molecule has 0 bridgehead atoms. The van der Waals surface area contributed by atoms with E-state index in [1.165, 1.54) is 0 Å². The molecule has 1 aromatic rings. The van der Waals surface area contributed by atoms with Gasteiger partial charge >= 0.3 is 0 Å². The highest BCUT2D eigenvalue weighted by atomic mass is 32.2. The highest BCUT2D eigenvalue weighted by molar-refractivity contribution is 7.99. The first kappa shape index (κ1) is 15.1. The van der Waals surface area contributed by atoms with Crippen LogP contribution in [0.25, 0.3) is 0 Å². The van der Waals surface area contributed by atoms with Crippen molar-refractivity contribution in [2.75, 3.05) is 12.0 Å². The zero-order chi connectivity index (χ0) is 14.7. The van der Waals surface area contributed by atoms with Crippen LogP contribution in [0.3, 0.4) is 0 Å². The zero-order valence-corrected chi connectivity index (χ0v) is 12.1. The Balaban J connectivity index is 2.13. The summed E-state index contributed by atoms with van der Waals surface area (Å²) in [4.78, 5) is 12.2. The van der Waals surface area contributed by atoms with Gasteiger partial charge < -0.3 is 11.1 Å². The van der Waals surface area contributed by atoms with Crippen LogP contribution in [-0.4, -0.2) is 23.5 Å². The average molecular weight is 300 g/mol. The van der Waals surface area contributed by atoms with Gasteiger partial charge in [0.05, 0.1) is 5.56 Å². The van der Waals surface area contributed by atoms with Gasteiger partial charge in [-0.15, -0.1) is 0 Å². The van der Waals surface area contributed by atoms with Crippen LogP contribution in [0, 0.1) is 11.6 Å². The Hall–Kier alpha value is -1.30. The van der Waals surface area contributed by atoms with Gasteiger partial charge in [0.2, 0.25) is 0 Å². The molecule has 1 aromatic carbocycles. The minimum Gasteiger partial charge on any atom is -0.398 e. The molecular formula is C14H18F2N2OS. The number of nitrogens with two attached hydrogens (primary N) is 1. The van der Waals surface area contributed by atoms with E-state index in [1.807, 2.05) is 6.26 Å². The largest absolute Gasteiger partial charge is 0.398 e. The van der Waals surface area contributed by atoms with Crippen LogP contribution in [-0.2, 0) is 0 Å². The van der Waals surface area contributed by atoms with Gasteiger partial charge in [-0.1, -0.05) is 12.8 Å². The number of halogens is 2. The Labute approximate surface area is 121 Å². The molecule has 3 N–H and O–H groups in total. The quantitative estimate of drug-likeness (QED) is 0.844. The molecule has 0 heterocycles. The third kappa shape index (κ3) is 3.23. The zero-order valence-electron chi connectivity index (χ0n) is 11.3. The lowest BCUT2D eigenvalue weighted by atomic mass is 9.94. The van der Waals surface area contributed by atoms with Crippen molar-refractivity contribution < 1.29 is 13.6 Å². The predicted octanol–water partition coefficient (Wildman–Crippen LogP) is 2.95. The third-order valence-electron chi connectivity index (χ3n) is 3.66. The first-order chi connectivity index (χ1) is 9.52. The van der Waals surface area contributed by atoms with Crippen LogP contribution in [0.4, 0.5) is 14.5 Å². The molecule has 1 fully saturated rings. The second kappa shape index (κ2) is 6.43. The normalized spacial score (nSPS) is 22.6. The van der Waals surface area contributed by atoms with E-state index in [0.29, 0.717) is 5.25 Å². The van der Waals surface area contributed by atoms with Crippen molar-refractivity contribution >= 4 is 23.4 Å². The lowest BCUT2D eigenvalue weighted by Crippen LogP contribution is -2.43. The second-order valence-electron chi connectivity index (χ2n) is 4.99. The van der Waals surface area contributed by atoms with Gasteiger partial charge in [0.15, 0.2) is 11.6 Å². The minimum absolute atomic E-state index is 0.00525. The number of anilines is 1. The number of nitrogens with one attached hydrogen (secondary N) is 1. The maximum absolute atomic E-state index is 13.2. The molecule has 1 amide bonds. The van der Waals surface area contributed by atoms with Crippen LogP contribution >= 0.6 is 11.8 Å². The highest BCUT2D eigenvalue weighted by Crippen LogP contribution is 2.27. The number of amides is 1. The van der Waals surface area contributed by atoms with Crippen LogP contribution in [0.1, 0.15) is 36.0 Å². The number of rotatable bonds is 3. The highest BCUT2D eigenvalue weighted by Gasteiger charge is 2.26. The molecule has 20 heavy (non-hydrogen) atoms. The Morgan fingerprint density at radius 3 is 2.65 bits per heavy atom. The van der Waals surface area contributed by atoms with E-state index in [-0.39, 0.29) is 17.3 Å². The summed E-state index contributed by atoms with van der Waals surface area (Å²) in [6.45, 7) is 0. The summed E-state index contributed by atoms with van der Waals surface area (Å²) in [5, 5.41) is 3.26. The Bertz CT molecular complexity index is 510. The van der Waals surface area contributed by atoms with Crippen LogP contribution in [0.5, 0.6) is 0 Å². The molecule has 110 valence electrons. The molecule has 1 aliphatic rings. The summed E-state index contributed by atoms with van der Waals surface area (Å²) in [7, 11) is 0. The van der Waals surface area contributed by atoms with E-state index in [0.717, 1.165) is 37.8 Å². The number of hydrogen-bond donors (Lipinski definition) is 2. The molecule has 0 aliphatic heterocycles. The van der Waals surface area contributed by atoms with E-state index in [4.69, 9.17) is 5.73 Å². The van der Waals surface area contributed by atoms with Gasteiger partial charge in [-0.2, -0.15) is 11.8 Å². The molecule has 1 aliphatic carbocycles. The molecule has 0 aromatic heterocycles. The number of benzene rings is 1. The van der Waals surface area contributed by atoms with Crippen molar-refractivity contribution in [3.05, 3.63) is 29.3 Å². The van der Waals surface area contributed by atoms with Crippen molar-refractivity contribution in [2.24, 2.45) is 0 Å². The fraction of sp³-hybridized carbons (Fsp3) is 0.500. The molecule has 3 nitrogen and oxygen atoms in total. The topological polar surface area (TPSA) is 55.1 Å². The van der Waals surface area contributed by atoms with Crippen LogP contribution < -0.4 is 11.1 Å². The smallest absolute Gasteiger partial charge is 0.253 e. The molecule has 0 spiro atoms. The molecule has 0 radical (unpaired) electrons. The van der Waals surface area contributed by atoms with Crippen molar-refractivity contribution in [3.63, 3.8) is 0 Å². The molecule has 2 rings (SSSR count). The monoisotopic (exact) mass is 300 g/mol. The molecule has 2 unspecified atom stereocenters. The number of carbonyl (C=O) groups is 1. The lowest BCUT2D eigenvalue weighted by molar-refractivity contribution is 0.0929. The van der Waals surface area contributed by atoms with Gasteiger partial charge in [-0.05, 0) is 25.2 Å². The maximum atomic E-state index is 13.2. The fourth-order valence-corrected chi connectivity index (χ4v) is 3.48. The van der Waals surface area contributed by atoms with Gasteiger partial charge in [0, 0.05) is 23.0 Å². The van der Waals surface area contributed by atoms with Crippen molar-refractivity contribution in [2.45, 2.75) is 37.0 Å². The van der Waals surface area contributed by atoms with Crippen molar-refractivity contribution in [3.8, 4) is 0 Å². The van der Waals surface area contributed by atoms with Crippen LogP contribution in [0.15, 0.2) is 12.1 Å². The number of hydrogen-bond acceptors (Lipinski definition) is 3. The number of thioether (sulfide) groups is 1. The lowest BCUT2D eigenvalue weighted by Gasteiger charge is -2.31. The number of carbonyl (C=O) groups excluding carboxylic acids is 1. The number of nitrogen functional groups attached to an aromatic ring is 1. The van der Waals surface area contributed by atoms with Crippen molar-refractivity contribution in [1.29, 1.82) is 0 Å². The minimum atomic E-state index is -1.06. The molecule has 2 atom stereocenters. The van der Waals surface area contributed by atoms with Gasteiger partial charge in [0.1, 0.15) is 0 Å². The first-order valence-electron chi connectivity index (χ1n) is 6.61. The summed E-state index contributed by atoms with van der Waals surface area (Å²) in [6, 6.07) is 1.76. The Morgan fingerprint density at radius 2 is 1.95 bits per heavy atom. The van der Waals surface area contributed by atoms with E-state index in [2.05, 4.69) is 5.32 Å². The Morgan fingerprint density at radius 1 is 1.30 bits per heavy atom. The standard InChI is InChI=1S/C14H18F2N2OS/c1-20-13-5-3-2-4-12(13)18-14(19)8-6-9(15)10(16)7-11(8)17/h6-7,12-13H,2-5,17H2,1H3,(H,18,19). The molecule has 6 heteroatoms. The van der Waals surface area contributed by atoms with E-state index in [1.54, 1.807) is 11.8 Å². The van der Waals surface area contributed by atoms with E-state index < -0.39 is 17.5 Å². The second-order valence-corrected chi connectivity index (χ2v) is 6.07. The first-order valence-corrected chi connectivity index (χ1v) is 7.90. The van der Waals surface area contributed by atoms with E-state index in [9.17, 15) is 13.6 Å². The molecule has 1 saturated carbocycles. The third-order valence-corrected chi connectivity index (χ3v) is 4.83. The van der Waals surface area contributed by atoms with Crippen molar-refractivity contribution in [1.82, 2.24) is 5.32 Å². The fourth-order valence-electron chi connectivity index (χ4n) is 2.55. The van der Waals surface area contributed by atoms with Gasteiger partial charge in [0.25, 0.3) is 5.91 Å². The van der Waals surface area contributed by atoms with Gasteiger partial charge in [-0.3, -0.25) is 4.79 Å². The summed E-state index contributed by atoms with van der Waals surface area (Å²) in [5.41, 5.74) is 5.54. The molecule has 0 saturated heterocycles. The summed E-state index contributed by atoms with van der Waals surface area (Å²) in [5.74, 6) is -2.54. The summed E-state index contributed by atoms with van der Waals surface area (Å²) >= 11 is 1.72. The van der Waals surface area contributed by atoms with E-state index >= 15 is 0 Å². The van der Waals surface area contributed by atoms with Gasteiger partial charge in [-0.25, -0.2) is 8.78 Å². The maximum Gasteiger partial charge on any atom is 0.253 e. The Kier molecular flexibility index (Phi) is 4.86. The summed E-state index contributed by atoms with van der Waals surface area (Å²) < 4.78 is 26.2.